The van der Waals surface area contributed by atoms with E-state index in [4.69, 9.17) is 4.74 Å². The van der Waals surface area contributed by atoms with Crippen molar-refractivity contribution in [2.45, 2.75) is 25.8 Å². The molecule has 1 saturated heterocycles. The van der Waals surface area contributed by atoms with Gasteiger partial charge in [-0.1, -0.05) is 6.58 Å². The summed E-state index contributed by atoms with van der Waals surface area (Å²) in [6.45, 7) is 5.77. The number of likely N-dealkylation sites (N-methyl/N-ethyl adjacent to an activating group) is 1. The first-order chi connectivity index (χ1) is 8.47. The van der Waals surface area contributed by atoms with E-state index in [9.17, 15) is 14.4 Å². The zero-order valence-corrected chi connectivity index (χ0v) is 10.7. The SMILES string of the molecule is C=C(CNC1CCC(=O)N(C)C1=O)C(=O)OCC. The van der Waals surface area contributed by atoms with Crippen LogP contribution < -0.4 is 5.32 Å². The van der Waals surface area contributed by atoms with Crippen LogP contribution in [0, 0.1) is 0 Å². The van der Waals surface area contributed by atoms with Crippen LogP contribution in [-0.4, -0.2) is 48.9 Å². The number of likely N-dealkylation sites (tertiary alicyclic amines) is 1. The van der Waals surface area contributed by atoms with Crippen LogP contribution in [0.2, 0.25) is 0 Å². The Labute approximate surface area is 106 Å². The summed E-state index contributed by atoms with van der Waals surface area (Å²) in [5.74, 6) is -0.928. The Hall–Kier alpha value is -1.69. The summed E-state index contributed by atoms with van der Waals surface area (Å²) in [6, 6.07) is -0.445. The second kappa shape index (κ2) is 6.30. The van der Waals surface area contributed by atoms with Crippen molar-refractivity contribution in [2.24, 2.45) is 0 Å². The Morgan fingerprint density at radius 1 is 1.56 bits per heavy atom. The number of ether oxygens (including phenoxy) is 1. The normalized spacial score (nSPS) is 19.9. The van der Waals surface area contributed by atoms with Crippen LogP contribution in [-0.2, 0) is 19.1 Å². The number of piperidine rings is 1. The quantitative estimate of drug-likeness (QED) is 0.419. The van der Waals surface area contributed by atoms with Crippen LogP contribution in [0.3, 0.4) is 0 Å². The van der Waals surface area contributed by atoms with Gasteiger partial charge in [-0.25, -0.2) is 4.79 Å². The first-order valence-corrected chi connectivity index (χ1v) is 5.86. The van der Waals surface area contributed by atoms with Crippen molar-refractivity contribution in [2.75, 3.05) is 20.2 Å². The number of rotatable bonds is 5. The molecule has 1 aliphatic heterocycles. The molecule has 1 aliphatic rings. The summed E-state index contributed by atoms with van der Waals surface area (Å²) < 4.78 is 4.78. The molecule has 100 valence electrons. The van der Waals surface area contributed by atoms with Crippen molar-refractivity contribution in [3.63, 3.8) is 0 Å². The molecule has 18 heavy (non-hydrogen) atoms. The van der Waals surface area contributed by atoms with E-state index in [2.05, 4.69) is 11.9 Å². The number of carbonyl (C=O) groups is 3. The molecule has 1 rings (SSSR count). The Morgan fingerprint density at radius 2 is 2.22 bits per heavy atom. The lowest BCUT2D eigenvalue weighted by Gasteiger charge is -2.28. The summed E-state index contributed by atoms with van der Waals surface area (Å²) in [4.78, 5) is 35.4. The molecule has 6 nitrogen and oxygen atoms in total. The summed E-state index contributed by atoms with van der Waals surface area (Å²) in [6.07, 6.45) is 0.768. The maximum Gasteiger partial charge on any atom is 0.334 e. The van der Waals surface area contributed by atoms with Gasteiger partial charge in [-0.3, -0.25) is 14.5 Å². The second-order valence-corrected chi connectivity index (χ2v) is 4.09. The van der Waals surface area contributed by atoms with Crippen molar-refractivity contribution < 1.29 is 19.1 Å². The molecular formula is C12H18N2O4. The molecule has 1 heterocycles. The van der Waals surface area contributed by atoms with Crippen LogP contribution in [0.15, 0.2) is 12.2 Å². The molecule has 1 unspecified atom stereocenters. The molecule has 1 N–H and O–H groups in total. The van der Waals surface area contributed by atoms with Gasteiger partial charge in [0.05, 0.1) is 12.6 Å². The van der Waals surface area contributed by atoms with Crippen LogP contribution in [0.1, 0.15) is 19.8 Å². The molecule has 6 heteroatoms. The topological polar surface area (TPSA) is 75.7 Å². The van der Waals surface area contributed by atoms with E-state index in [1.54, 1.807) is 6.92 Å². The minimum atomic E-state index is -0.474. The molecular weight excluding hydrogens is 236 g/mol. The fraction of sp³-hybridized carbons (Fsp3) is 0.583. The zero-order valence-electron chi connectivity index (χ0n) is 10.7. The molecule has 0 aromatic heterocycles. The number of imide groups is 1. The monoisotopic (exact) mass is 254 g/mol. The minimum absolute atomic E-state index is 0.178. The van der Waals surface area contributed by atoms with Crippen LogP contribution >= 0.6 is 0 Å². The lowest BCUT2D eigenvalue weighted by atomic mass is 10.0. The minimum Gasteiger partial charge on any atom is -0.463 e. The van der Waals surface area contributed by atoms with Gasteiger partial charge in [0.25, 0.3) is 0 Å². The predicted molar refractivity (Wildman–Crippen MR) is 64.6 cm³/mol. The van der Waals surface area contributed by atoms with Gasteiger partial charge < -0.3 is 10.1 Å². The van der Waals surface area contributed by atoms with Crippen molar-refractivity contribution in [3.05, 3.63) is 12.2 Å². The van der Waals surface area contributed by atoms with Crippen molar-refractivity contribution in [3.8, 4) is 0 Å². The highest BCUT2D eigenvalue weighted by Crippen LogP contribution is 2.11. The fourth-order valence-corrected chi connectivity index (χ4v) is 1.66. The van der Waals surface area contributed by atoms with Crippen LogP contribution in [0.4, 0.5) is 0 Å². The number of nitrogens with zero attached hydrogens (tertiary/aromatic N) is 1. The molecule has 0 spiro atoms. The maximum absolute atomic E-state index is 11.7. The molecule has 0 aromatic carbocycles. The van der Waals surface area contributed by atoms with E-state index in [1.807, 2.05) is 0 Å². The second-order valence-electron chi connectivity index (χ2n) is 4.09. The number of amides is 2. The highest BCUT2D eigenvalue weighted by Gasteiger charge is 2.31. The highest BCUT2D eigenvalue weighted by molar-refractivity contribution is 6.00. The number of carbonyl (C=O) groups excluding carboxylic acids is 3. The van der Waals surface area contributed by atoms with Crippen molar-refractivity contribution in [1.29, 1.82) is 0 Å². The third-order valence-electron chi connectivity index (χ3n) is 2.78. The first kappa shape index (κ1) is 14.4. The van der Waals surface area contributed by atoms with Crippen molar-refractivity contribution in [1.82, 2.24) is 10.2 Å². The number of hydrogen-bond acceptors (Lipinski definition) is 5. The molecule has 0 aliphatic carbocycles. The summed E-state index contributed by atoms with van der Waals surface area (Å²) in [7, 11) is 1.46. The standard InChI is InChI=1S/C12H18N2O4/c1-4-18-12(17)8(2)7-13-9-5-6-10(15)14(3)11(9)16/h9,13H,2,4-7H2,1,3H3. The Morgan fingerprint density at radius 3 is 2.83 bits per heavy atom. The van der Waals surface area contributed by atoms with Gasteiger partial charge >= 0.3 is 5.97 Å². The third-order valence-corrected chi connectivity index (χ3v) is 2.78. The van der Waals surface area contributed by atoms with E-state index in [0.29, 0.717) is 12.8 Å². The van der Waals surface area contributed by atoms with Gasteiger partial charge in [0.2, 0.25) is 11.8 Å². The van der Waals surface area contributed by atoms with E-state index < -0.39 is 12.0 Å². The molecule has 0 saturated carbocycles. The molecule has 0 aromatic rings. The van der Waals surface area contributed by atoms with Crippen molar-refractivity contribution >= 4 is 17.8 Å². The van der Waals surface area contributed by atoms with E-state index in [1.165, 1.54) is 7.05 Å². The average molecular weight is 254 g/mol. The van der Waals surface area contributed by atoms with E-state index in [-0.39, 0.29) is 30.5 Å². The zero-order chi connectivity index (χ0) is 13.7. The number of hydrogen-bond donors (Lipinski definition) is 1. The number of esters is 1. The number of nitrogens with one attached hydrogen (secondary N) is 1. The lowest BCUT2D eigenvalue weighted by Crippen LogP contribution is -2.51. The molecule has 2 amide bonds. The smallest absolute Gasteiger partial charge is 0.334 e. The molecule has 1 atom stereocenters. The molecule has 1 fully saturated rings. The lowest BCUT2D eigenvalue weighted by molar-refractivity contribution is -0.148. The summed E-state index contributed by atoms with van der Waals surface area (Å²) >= 11 is 0. The largest absolute Gasteiger partial charge is 0.463 e. The summed E-state index contributed by atoms with van der Waals surface area (Å²) in [5, 5.41) is 2.92. The third kappa shape index (κ3) is 3.40. The van der Waals surface area contributed by atoms with E-state index >= 15 is 0 Å². The molecule has 0 radical (unpaired) electrons. The van der Waals surface area contributed by atoms with Gasteiger partial charge in [-0.15, -0.1) is 0 Å². The highest BCUT2D eigenvalue weighted by atomic mass is 16.5. The maximum atomic E-state index is 11.7. The van der Waals surface area contributed by atoms with Crippen LogP contribution in [0.5, 0.6) is 0 Å². The first-order valence-electron chi connectivity index (χ1n) is 5.86. The van der Waals surface area contributed by atoms with Gasteiger partial charge in [0.1, 0.15) is 0 Å². The van der Waals surface area contributed by atoms with Gasteiger partial charge in [-0.05, 0) is 13.3 Å². The Balaban J connectivity index is 2.44. The van der Waals surface area contributed by atoms with Gasteiger partial charge in [-0.2, -0.15) is 0 Å². The fourth-order valence-electron chi connectivity index (χ4n) is 1.66. The van der Waals surface area contributed by atoms with Crippen LogP contribution in [0.25, 0.3) is 0 Å². The Bertz CT molecular complexity index is 378. The summed E-state index contributed by atoms with van der Waals surface area (Å²) in [5.41, 5.74) is 0.268. The van der Waals surface area contributed by atoms with E-state index in [0.717, 1.165) is 4.90 Å². The van der Waals surface area contributed by atoms with Gasteiger partial charge in [0.15, 0.2) is 0 Å². The molecule has 0 bridgehead atoms. The Kier molecular flexibility index (Phi) is 5.03. The van der Waals surface area contributed by atoms with Gasteiger partial charge in [0, 0.05) is 25.6 Å². The average Bonchev–Trinajstić information content (AvgIpc) is 2.35. The predicted octanol–water partition coefficient (Wildman–Crippen LogP) is -0.157.